The first kappa shape index (κ1) is 14.4. The molecule has 0 aliphatic carbocycles. The van der Waals surface area contributed by atoms with Gasteiger partial charge in [0.25, 0.3) is 0 Å². The fraction of sp³-hybridized carbons (Fsp3) is 1.00. The van der Waals surface area contributed by atoms with Crippen LogP contribution in [0.3, 0.4) is 0 Å². The maximum atomic E-state index is 6.50. The van der Waals surface area contributed by atoms with Gasteiger partial charge >= 0.3 is 0 Å². The van der Waals surface area contributed by atoms with Gasteiger partial charge in [0.15, 0.2) is 17.4 Å². The van der Waals surface area contributed by atoms with E-state index < -0.39 is 17.4 Å². The molecule has 0 aromatic heterocycles. The molecule has 1 nitrogen and oxygen atoms in total. The fourth-order valence-corrected chi connectivity index (χ4v) is 13.3. The van der Waals surface area contributed by atoms with Crippen LogP contribution >= 0.6 is 0 Å². The lowest BCUT2D eigenvalue weighted by molar-refractivity contribution is 0.495. The molecule has 0 saturated carbocycles. The first-order valence-electron chi connectivity index (χ1n) is 5.92. The molecule has 0 unspecified atom stereocenters. The van der Waals surface area contributed by atoms with Gasteiger partial charge in [-0.15, -0.1) is 0 Å². The van der Waals surface area contributed by atoms with Crippen molar-refractivity contribution in [3.63, 3.8) is 0 Å². The molecular weight excluding hydrogens is 204 g/mol. The Morgan fingerprint density at radius 1 is 0.786 bits per heavy atom. The lowest BCUT2D eigenvalue weighted by Gasteiger charge is -2.44. The molecule has 86 valence electrons. The van der Waals surface area contributed by atoms with Crippen LogP contribution in [0.15, 0.2) is 0 Å². The van der Waals surface area contributed by atoms with E-state index in [2.05, 4.69) is 54.6 Å². The van der Waals surface area contributed by atoms with Crippen LogP contribution in [-0.4, -0.2) is 17.4 Å². The molecule has 0 aromatic carbocycles. The average molecular weight is 233 g/mol. The molecule has 14 heavy (non-hydrogen) atoms. The van der Waals surface area contributed by atoms with Crippen LogP contribution in [0, 0.1) is 0 Å². The molecule has 0 aromatic rings. The maximum Gasteiger partial charge on any atom is 0.187 e. The Morgan fingerprint density at radius 3 is 1.14 bits per heavy atom. The van der Waals surface area contributed by atoms with Gasteiger partial charge in [0.1, 0.15) is 0 Å². The van der Waals surface area contributed by atoms with Crippen molar-refractivity contribution in [3.05, 3.63) is 0 Å². The molecule has 0 atom stereocenters. The Hall–Kier alpha value is 0.394. The van der Waals surface area contributed by atoms with Crippen LogP contribution in [-0.2, 0) is 4.12 Å². The topological polar surface area (TPSA) is 9.23 Å². The van der Waals surface area contributed by atoms with Crippen LogP contribution in [0.5, 0.6) is 0 Å². The van der Waals surface area contributed by atoms with Crippen molar-refractivity contribution in [2.24, 2.45) is 0 Å². The van der Waals surface area contributed by atoms with Gasteiger partial charge in [0, 0.05) is 0 Å². The van der Waals surface area contributed by atoms with Gasteiger partial charge in [-0.05, 0) is 29.7 Å². The highest BCUT2D eigenvalue weighted by atomic mass is 28.4. The third-order valence-corrected chi connectivity index (χ3v) is 12.1. The van der Waals surface area contributed by atoms with Crippen molar-refractivity contribution in [1.29, 1.82) is 0 Å². The van der Waals surface area contributed by atoms with Crippen LogP contribution in [0.4, 0.5) is 0 Å². The second kappa shape index (κ2) is 5.47. The number of hydrogen-bond donors (Lipinski definition) is 0. The van der Waals surface area contributed by atoms with E-state index in [4.69, 9.17) is 4.12 Å². The highest BCUT2D eigenvalue weighted by molar-refractivity contribution is 6.82. The van der Waals surface area contributed by atoms with E-state index in [0.717, 1.165) is 16.6 Å². The van der Waals surface area contributed by atoms with E-state index in [1.165, 1.54) is 0 Å². The number of rotatable bonds is 5. The zero-order valence-corrected chi connectivity index (χ0v) is 13.4. The maximum absolute atomic E-state index is 6.50. The summed E-state index contributed by atoms with van der Waals surface area (Å²) in [6.07, 6.45) is 0. The quantitative estimate of drug-likeness (QED) is 0.647. The SMILES string of the molecule is CC(C)[Si](O[SiH](C)C)(C(C)C)C(C)C. The predicted molar refractivity (Wildman–Crippen MR) is 71.0 cm³/mol. The van der Waals surface area contributed by atoms with E-state index in [9.17, 15) is 0 Å². The van der Waals surface area contributed by atoms with Crippen molar-refractivity contribution in [2.75, 3.05) is 0 Å². The summed E-state index contributed by atoms with van der Waals surface area (Å²) in [6.45, 7) is 18.7. The zero-order chi connectivity index (χ0) is 11.5. The Bertz CT molecular complexity index is 143. The van der Waals surface area contributed by atoms with E-state index >= 15 is 0 Å². The van der Waals surface area contributed by atoms with Gasteiger partial charge in [0.2, 0.25) is 0 Å². The Balaban J connectivity index is 4.95. The molecular formula is C11H28OSi2. The first-order valence-corrected chi connectivity index (χ1v) is 10.8. The molecule has 0 radical (unpaired) electrons. The van der Waals surface area contributed by atoms with Gasteiger partial charge in [-0.1, -0.05) is 41.5 Å². The lowest BCUT2D eigenvalue weighted by atomic mass is 10.5. The van der Waals surface area contributed by atoms with Crippen molar-refractivity contribution in [2.45, 2.75) is 71.3 Å². The van der Waals surface area contributed by atoms with Crippen molar-refractivity contribution in [3.8, 4) is 0 Å². The standard InChI is InChI=1S/C11H28OSi2/c1-9(2)14(10(3)4,11(5)6)12-13(7)8/h9-11,13H,1-8H3. The third-order valence-electron chi connectivity index (χ3n) is 3.15. The largest absolute Gasteiger partial charge is 0.457 e. The van der Waals surface area contributed by atoms with Gasteiger partial charge in [-0.3, -0.25) is 0 Å². The normalized spacial score (nSPS) is 13.7. The minimum atomic E-state index is -1.53. The van der Waals surface area contributed by atoms with E-state index in [0.29, 0.717) is 0 Å². The Morgan fingerprint density at radius 2 is 1.07 bits per heavy atom. The summed E-state index contributed by atoms with van der Waals surface area (Å²) in [5.74, 6) is 0. The molecule has 3 heteroatoms. The van der Waals surface area contributed by atoms with Gasteiger partial charge in [0.05, 0.1) is 0 Å². The average Bonchev–Trinajstić information content (AvgIpc) is 1.97. The summed E-state index contributed by atoms with van der Waals surface area (Å²) in [5, 5.41) is 0. The molecule has 0 bridgehead atoms. The summed E-state index contributed by atoms with van der Waals surface area (Å²) in [4.78, 5) is 0. The Kier molecular flexibility index (Phi) is 5.62. The van der Waals surface area contributed by atoms with Gasteiger partial charge in [-0.25, -0.2) is 0 Å². The molecule has 0 fully saturated rings. The second-order valence-electron chi connectivity index (χ2n) is 5.48. The molecule has 0 saturated heterocycles. The molecule has 0 heterocycles. The summed E-state index contributed by atoms with van der Waals surface area (Å²) in [5.41, 5.74) is 2.20. The molecule has 0 rings (SSSR count). The highest BCUT2D eigenvalue weighted by Gasteiger charge is 2.44. The lowest BCUT2D eigenvalue weighted by Crippen LogP contribution is -2.50. The van der Waals surface area contributed by atoms with E-state index in [1.54, 1.807) is 0 Å². The highest BCUT2D eigenvalue weighted by Crippen LogP contribution is 2.42. The van der Waals surface area contributed by atoms with Crippen LogP contribution < -0.4 is 0 Å². The first-order chi connectivity index (χ1) is 6.25. The molecule has 0 amide bonds. The van der Waals surface area contributed by atoms with Crippen molar-refractivity contribution < 1.29 is 4.12 Å². The minimum Gasteiger partial charge on any atom is -0.457 e. The van der Waals surface area contributed by atoms with Crippen molar-refractivity contribution >= 4 is 17.4 Å². The minimum absolute atomic E-state index is 0.734. The smallest absolute Gasteiger partial charge is 0.187 e. The molecule has 0 aliphatic rings. The van der Waals surface area contributed by atoms with Crippen molar-refractivity contribution in [1.82, 2.24) is 0 Å². The van der Waals surface area contributed by atoms with Crippen LogP contribution in [0.25, 0.3) is 0 Å². The second-order valence-corrected chi connectivity index (χ2v) is 13.7. The zero-order valence-electron chi connectivity index (χ0n) is 11.2. The van der Waals surface area contributed by atoms with Crippen LogP contribution in [0.1, 0.15) is 41.5 Å². The monoisotopic (exact) mass is 232 g/mol. The summed E-state index contributed by atoms with van der Waals surface area (Å²) in [7, 11) is -2.43. The third kappa shape index (κ3) is 2.94. The fourth-order valence-electron chi connectivity index (χ4n) is 2.82. The molecule has 0 spiro atoms. The predicted octanol–water partition coefficient (Wildman–Crippen LogP) is 4.16. The van der Waals surface area contributed by atoms with Crippen LogP contribution in [0.2, 0.25) is 29.7 Å². The summed E-state index contributed by atoms with van der Waals surface area (Å²) < 4.78 is 6.50. The van der Waals surface area contributed by atoms with E-state index in [1.807, 2.05) is 0 Å². The van der Waals surface area contributed by atoms with Gasteiger partial charge in [-0.2, -0.15) is 0 Å². The Labute approximate surface area is 93.1 Å². The summed E-state index contributed by atoms with van der Waals surface area (Å²) in [6, 6.07) is 0. The number of hydrogen-bond acceptors (Lipinski definition) is 1. The molecule has 0 N–H and O–H groups in total. The van der Waals surface area contributed by atoms with E-state index in [-0.39, 0.29) is 0 Å². The molecule has 0 aliphatic heterocycles. The summed E-state index contributed by atoms with van der Waals surface area (Å²) >= 11 is 0. The van der Waals surface area contributed by atoms with Gasteiger partial charge < -0.3 is 4.12 Å².